The Morgan fingerprint density at radius 1 is 1.16 bits per heavy atom. The Hall–Kier alpha value is -2.35. The summed E-state index contributed by atoms with van der Waals surface area (Å²) in [6.45, 7) is 10.5. The molecule has 6 nitrogen and oxygen atoms in total. The van der Waals surface area contributed by atoms with Gasteiger partial charge in [-0.2, -0.15) is 0 Å². The summed E-state index contributed by atoms with van der Waals surface area (Å²) in [7, 11) is -1.55. The van der Waals surface area contributed by atoms with Crippen molar-refractivity contribution in [3.63, 3.8) is 0 Å². The van der Waals surface area contributed by atoms with Gasteiger partial charge < -0.3 is 14.7 Å². The number of halogens is 1. The van der Waals surface area contributed by atoms with E-state index < -0.39 is 17.1 Å². The van der Waals surface area contributed by atoms with Crippen LogP contribution in [0.25, 0.3) is 0 Å². The van der Waals surface area contributed by atoms with Crippen LogP contribution in [0.4, 0.5) is 5.69 Å². The zero-order valence-corrected chi connectivity index (χ0v) is 27.5. The molecule has 2 bridgehead atoms. The molecule has 0 saturated heterocycles. The van der Waals surface area contributed by atoms with E-state index in [1.807, 2.05) is 24.3 Å². The predicted molar refractivity (Wildman–Crippen MR) is 176 cm³/mol. The molecule has 234 valence electrons. The molecule has 1 aliphatic carbocycles. The van der Waals surface area contributed by atoms with E-state index in [1.165, 1.54) is 11.1 Å². The van der Waals surface area contributed by atoms with E-state index in [9.17, 15) is 14.1 Å². The number of anilines is 1. The molecule has 2 aromatic rings. The van der Waals surface area contributed by atoms with Crippen LogP contribution < -0.4 is 14.4 Å². The Bertz CT molecular complexity index is 1350. The number of ether oxygens (including phenoxy) is 1. The molecule has 1 saturated carbocycles. The number of aryl methyl sites for hydroxylation is 1. The lowest BCUT2D eigenvalue weighted by Gasteiger charge is -2.42. The van der Waals surface area contributed by atoms with Crippen molar-refractivity contribution >= 4 is 34.2 Å². The third-order valence-electron chi connectivity index (χ3n) is 9.52. The summed E-state index contributed by atoms with van der Waals surface area (Å²) in [4.78, 5) is 15.9. The number of nitrogens with zero attached hydrogens (tertiary/aromatic N) is 1. The van der Waals surface area contributed by atoms with Gasteiger partial charge in [-0.1, -0.05) is 63.9 Å². The minimum Gasteiger partial charge on any atom is -0.491 e. The Morgan fingerprint density at radius 2 is 1.98 bits per heavy atom. The van der Waals surface area contributed by atoms with Gasteiger partial charge in [0.1, 0.15) is 16.7 Å². The lowest BCUT2D eigenvalue weighted by atomic mass is 9.70. The highest BCUT2D eigenvalue weighted by Crippen LogP contribution is 2.42. The standard InChI is InChI=1S/C35H47ClN2O4S/c1-5-7-24-17-28(36)12-14-29(24)27-20-38-19-26-10-13-30(26)32(39)9-6-8-23(4)34(16-22(2)3)43(41)37-35(40)25-11-15-33(42-21-27)31(38)18-25/h6,9,11-12,14-15,17-18,22-23,26-27,30,32,34,39H,5,7-8,10,13,16,19-21H2,1-4H3,(H,37,40)/b9-6+/t23?,26-,27?,30?,32?,34?,43?/m0/s1. The number of fused-ring (bicyclic) bond motifs is 2. The van der Waals surface area contributed by atoms with Crippen molar-refractivity contribution in [3.05, 3.63) is 70.3 Å². The summed E-state index contributed by atoms with van der Waals surface area (Å²) in [5.41, 5.74) is 3.85. The highest BCUT2D eigenvalue weighted by atomic mass is 35.5. The SMILES string of the molecule is CCCc1cc(Cl)ccc1C1COc2ccc3cc2N(C1)C[C@@H]1CCC1C(O)/C=C/CC(C)C(CC(C)C)S(=O)NC3=O. The third kappa shape index (κ3) is 7.49. The topological polar surface area (TPSA) is 78.9 Å². The molecule has 0 spiro atoms. The zero-order chi connectivity index (χ0) is 30.7. The molecule has 2 aliphatic heterocycles. The van der Waals surface area contributed by atoms with Crippen molar-refractivity contribution in [2.75, 3.05) is 24.6 Å². The van der Waals surface area contributed by atoms with Crippen molar-refractivity contribution in [2.45, 2.75) is 83.5 Å². The highest BCUT2D eigenvalue weighted by Gasteiger charge is 2.38. The van der Waals surface area contributed by atoms with Crippen molar-refractivity contribution in [1.29, 1.82) is 0 Å². The van der Waals surface area contributed by atoms with Gasteiger partial charge in [0.25, 0.3) is 5.91 Å². The predicted octanol–water partition coefficient (Wildman–Crippen LogP) is 7.07. The van der Waals surface area contributed by atoms with Crippen molar-refractivity contribution in [2.24, 2.45) is 23.7 Å². The minimum absolute atomic E-state index is 0.0930. The Balaban J connectivity index is 1.52. The van der Waals surface area contributed by atoms with Gasteiger partial charge >= 0.3 is 0 Å². The largest absolute Gasteiger partial charge is 0.491 e. The number of hydrogen-bond acceptors (Lipinski definition) is 5. The molecule has 3 aliphatic rings. The number of aliphatic hydroxyl groups excluding tert-OH is 1. The summed E-state index contributed by atoms with van der Waals surface area (Å²) in [6.07, 6.45) is 8.95. The van der Waals surface area contributed by atoms with Gasteiger partial charge in [-0.3, -0.25) is 9.52 Å². The fourth-order valence-electron chi connectivity index (χ4n) is 6.96. The Morgan fingerprint density at radius 3 is 2.70 bits per heavy atom. The van der Waals surface area contributed by atoms with Gasteiger partial charge in [-0.05, 0) is 97.2 Å². The molecule has 43 heavy (non-hydrogen) atoms. The smallest absolute Gasteiger partial charge is 0.263 e. The first-order valence-electron chi connectivity index (χ1n) is 16.0. The van der Waals surface area contributed by atoms with E-state index in [1.54, 1.807) is 6.07 Å². The molecule has 2 N–H and O–H groups in total. The van der Waals surface area contributed by atoms with E-state index in [0.717, 1.165) is 61.7 Å². The average molecular weight is 627 g/mol. The van der Waals surface area contributed by atoms with Gasteiger partial charge in [0.05, 0.1) is 23.6 Å². The van der Waals surface area contributed by atoms with E-state index >= 15 is 0 Å². The molecule has 2 heterocycles. The maximum atomic E-state index is 13.6. The van der Waals surface area contributed by atoms with Gasteiger partial charge in [-0.25, -0.2) is 4.21 Å². The quantitative estimate of drug-likeness (QED) is 0.347. The number of benzene rings is 2. The second-order valence-corrected chi connectivity index (χ2v) is 15.1. The molecule has 5 rings (SSSR count). The van der Waals surface area contributed by atoms with E-state index in [4.69, 9.17) is 16.3 Å². The van der Waals surface area contributed by atoms with Gasteiger partial charge in [0.2, 0.25) is 0 Å². The molecule has 2 aromatic carbocycles. The second-order valence-electron chi connectivity index (χ2n) is 13.2. The molecule has 0 radical (unpaired) electrons. The number of hydrogen-bond donors (Lipinski definition) is 2. The molecule has 7 atom stereocenters. The summed E-state index contributed by atoms with van der Waals surface area (Å²) in [5.74, 6) is 1.48. The van der Waals surface area contributed by atoms with Crippen LogP contribution in [0.1, 0.15) is 87.2 Å². The fourth-order valence-corrected chi connectivity index (χ4v) is 8.70. The molecule has 8 heteroatoms. The first-order chi connectivity index (χ1) is 20.6. The second kappa shape index (κ2) is 14.2. The van der Waals surface area contributed by atoms with E-state index in [0.29, 0.717) is 30.4 Å². The minimum atomic E-state index is -1.55. The van der Waals surface area contributed by atoms with Crippen LogP contribution >= 0.6 is 11.6 Å². The maximum Gasteiger partial charge on any atom is 0.263 e. The molecule has 1 fully saturated rings. The van der Waals surface area contributed by atoms with Crippen LogP contribution in [0.2, 0.25) is 5.02 Å². The normalized spacial score (nSPS) is 30.4. The highest BCUT2D eigenvalue weighted by molar-refractivity contribution is 7.84. The molecular weight excluding hydrogens is 580 g/mol. The van der Waals surface area contributed by atoms with Crippen LogP contribution in [-0.2, 0) is 17.4 Å². The molecule has 0 aromatic heterocycles. The van der Waals surface area contributed by atoms with Crippen molar-refractivity contribution in [3.8, 4) is 5.75 Å². The summed E-state index contributed by atoms with van der Waals surface area (Å²) in [5, 5.41) is 11.8. The van der Waals surface area contributed by atoms with Crippen LogP contribution in [0.5, 0.6) is 5.75 Å². The Labute approximate surface area is 264 Å². The summed E-state index contributed by atoms with van der Waals surface area (Å²) >= 11 is 6.40. The number of allylic oxidation sites excluding steroid dienone is 1. The number of amides is 1. The first kappa shape index (κ1) is 32.1. The van der Waals surface area contributed by atoms with Crippen LogP contribution in [0.15, 0.2) is 48.6 Å². The van der Waals surface area contributed by atoms with Gasteiger partial charge in [0.15, 0.2) is 0 Å². The summed E-state index contributed by atoms with van der Waals surface area (Å²) in [6, 6.07) is 11.7. The fraction of sp³-hybridized carbons (Fsp3) is 0.571. The van der Waals surface area contributed by atoms with Crippen LogP contribution in [-0.4, -0.2) is 46.3 Å². The Kier molecular flexibility index (Phi) is 10.6. The monoisotopic (exact) mass is 626 g/mol. The molecule has 6 unspecified atom stereocenters. The lowest BCUT2D eigenvalue weighted by molar-refractivity contribution is 0.0461. The molecular formula is C35H47ClN2O4S. The lowest BCUT2D eigenvalue weighted by Crippen LogP contribution is -2.44. The first-order valence-corrected chi connectivity index (χ1v) is 17.6. The number of rotatable bonds is 5. The van der Waals surface area contributed by atoms with Crippen LogP contribution in [0.3, 0.4) is 0 Å². The van der Waals surface area contributed by atoms with Crippen molar-refractivity contribution < 1.29 is 18.8 Å². The van der Waals surface area contributed by atoms with Crippen LogP contribution in [0, 0.1) is 23.7 Å². The van der Waals surface area contributed by atoms with Gasteiger partial charge in [-0.15, -0.1) is 0 Å². The average Bonchev–Trinajstić information content (AvgIpc) is 3.12. The number of aliphatic hydroxyl groups is 1. The molecule has 1 amide bonds. The zero-order valence-electron chi connectivity index (χ0n) is 25.9. The summed E-state index contributed by atoms with van der Waals surface area (Å²) < 4.78 is 22.8. The van der Waals surface area contributed by atoms with E-state index in [-0.39, 0.29) is 28.9 Å². The van der Waals surface area contributed by atoms with Gasteiger partial charge in [0, 0.05) is 29.6 Å². The maximum absolute atomic E-state index is 13.6. The number of carbonyl (C=O) groups is 1. The van der Waals surface area contributed by atoms with E-state index in [2.05, 4.69) is 55.5 Å². The third-order valence-corrected chi connectivity index (χ3v) is 11.4. The number of nitrogens with one attached hydrogen (secondary N) is 1. The van der Waals surface area contributed by atoms with Crippen molar-refractivity contribution in [1.82, 2.24) is 4.72 Å². The number of carbonyl (C=O) groups excluding carboxylic acids is 1.